The predicted octanol–water partition coefficient (Wildman–Crippen LogP) is 3.13. The lowest BCUT2D eigenvalue weighted by atomic mass is 10.1. The fraction of sp³-hybridized carbons (Fsp3) is 0.438. The van der Waals surface area contributed by atoms with Gasteiger partial charge in [0.25, 0.3) is 5.56 Å². The summed E-state index contributed by atoms with van der Waals surface area (Å²) in [7, 11) is 0. The Morgan fingerprint density at radius 3 is 2.71 bits per heavy atom. The van der Waals surface area contributed by atoms with Crippen LogP contribution in [0.15, 0.2) is 23.0 Å². The summed E-state index contributed by atoms with van der Waals surface area (Å²) in [5, 5.41) is 9.27. The summed E-state index contributed by atoms with van der Waals surface area (Å²) in [5.74, 6) is -0.372. The van der Waals surface area contributed by atoms with Gasteiger partial charge in [-0.2, -0.15) is 0 Å². The largest absolute Gasteiger partial charge is 0.478 e. The van der Waals surface area contributed by atoms with Gasteiger partial charge in [0.05, 0.1) is 16.5 Å². The van der Waals surface area contributed by atoms with Crippen LogP contribution < -0.4 is 5.56 Å². The molecule has 1 heterocycles. The van der Waals surface area contributed by atoms with Gasteiger partial charge >= 0.3 is 5.97 Å². The lowest BCUT2D eigenvalue weighted by Crippen LogP contribution is -2.12. The maximum atomic E-state index is 12.0. The fourth-order valence-electron chi connectivity index (χ4n) is 2.33. The average molecular weight is 288 g/mol. The average Bonchev–Trinajstić information content (AvgIpc) is 2.46. The molecule has 0 bridgehead atoms. The molecule has 2 N–H and O–H groups in total. The number of carbonyl (C=O) groups is 1. The van der Waals surface area contributed by atoms with Crippen LogP contribution >= 0.6 is 0 Å². The summed E-state index contributed by atoms with van der Waals surface area (Å²) in [6.45, 7) is 2.17. The summed E-state index contributed by atoms with van der Waals surface area (Å²) in [4.78, 5) is 30.1. The molecule has 5 nitrogen and oxygen atoms in total. The third-order valence-corrected chi connectivity index (χ3v) is 3.52. The first kappa shape index (κ1) is 15.2. The fourth-order valence-corrected chi connectivity index (χ4v) is 2.33. The smallest absolute Gasteiger partial charge is 0.335 e. The van der Waals surface area contributed by atoms with Crippen molar-refractivity contribution in [3.8, 4) is 0 Å². The highest BCUT2D eigenvalue weighted by atomic mass is 16.4. The van der Waals surface area contributed by atoms with Gasteiger partial charge in [0.2, 0.25) is 0 Å². The van der Waals surface area contributed by atoms with E-state index >= 15 is 0 Å². The van der Waals surface area contributed by atoms with Crippen LogP contribution in [0.3, 0.4) is 0 Å². The summed E-state index contributed by atoms with van der Waals surface area (Å²) >= 11 is 0. The van der Waals surface area contributed by atoms with E-state index in [1.165, 1.54) is 31.4 Å². The van der Waals surface area contributed by atoms with Crippen molar-refractivity contribution in [1.82, 2.24) is 9.97 Å². The second-order valence-electron chi connectivity index (χ2n) is 5.21. The summed E-state index contributed by atoms with van der Waals surface area (Å²) in [6, 6.07) is 4.44. The van der Waals surface area contributed by atoms with Crippen LogP contribution in [-0.4, -0.2) is 21.0 Å². The first-order valence-corrected chi connectivity index (χ1v) is 7.38. The number of hydrogen-bond donors (Lipinski definition) is 2. The second-order valence-corrected chi connectivity index (χ2v) is 5.21. The van der Waals surface area contributed by atoms with Crippen LogP contribution in [0.2, 0.25) is 0 Å². The molecule has 1 aromatic carbocycles. The number of nitrogens with one attached hydrogen (secondary N) is 1. The van der Waals surface area contributed by atoms with Crippen molar-refractivity contribution >= 4 is 16.9 Å². The molecular formula is C16H20N2O3. The molecule has 0 fully saturated rings. The van der Waals surface area contributed by atoms with Crippen molar-refractivity contribution in [2.24, 2.45) is 0 Å². The molecule has 1 aromatic heterocycles. The minimum Gasteiger partial charge on any atom is -0.478 e. The number of aromatic nitrogens is 2. The monoisotopic (exact) mass is 288 g/mol. The van der Waals surface area contributed by atoms with Gasteiger partial charge in [-0.05, 0) is 24.6 Å². The van der Waals surface area contributed by atoms with Gasteiger partial charge < -0.3 is 10.1 Å². The number of aromatic amines is 1. The van der Waals surface area contributed by atoms with E-state index in [9.17, 15) is 9.59 Å². The first-order valence-electron chi connectivity index (χ1n) is 7.38. The van der Waals surface area contributed by atoms with E-state index in [1.807, 2.05) is 0 Å². The topological polar surface area (TPSA) is 83.0 Å². The van der Waals surface area contributed by atoms with E-state index in [0.717, 1.165) is 19.3 Å². The van der Waals surface area contributed by atoms with Crippen LogP contribution in [0, 0.1) is 0 Å². The third-order valence-electron chi connectivity index (χ3n) is 3.52. The number of nitrogens with zero attached hydrogens (tertiary/aromatic N) is 1. The highest BCUT2D eigenvalue weighted by molar-refractivity contribution is 5.92. The Kier molecular flexibility index (Phi) is 5.09. The normalized spacial score (nSPS) is 10.9. The third kappa shape index (κ3) is 3.90. The lowest BCUT2D eigenvalue weighted by Gasteiger charge is -2.04. The van der Waals surface area contributed by atoms with Gasteiger partial charge in [-0.25, -0.2) is 9.78 Å². The molecule has 0 aliphatic carbocycles. The highest BCUT2D eigenvalue weighted by Crippen LogP contribution is 2.12. The van der Waals surface area contributed by atoms with E-state index in [-0.39, 0.29) is 11.1 Å². The Labute approximate surface area is 123 Å². The maximum Gasteiger partial charge on any atom is 0.335 e. The molecule has 21 heavy (non-hydrogen) atoms. The van der Waals surface area contributed by atoms with Crippen LogP contribution in [0.25, 0.3) is 10.9 Å². The quantitative estimate of drug-likeness (QED) is 0.767. The van der Waals surface area contributed by atoms with Crippen molar-refractivity contribution in [1.29, 1.82) is 0 Å². The van der Waals surface area contributed by atoms with Crippen LogP contribution in [0.1, 0.15) is 55.2 Å². The van der Waals surface area contributed by atoms with E-state index < -0.39 is 5.97 Å². The number of carboxylic acid groups (broad SMARTS) is 1. The molecule has 0 unspecified atom stereocenters. The Morgan fingerprint density at radius 1 is 1.24 bits per heavy atom. The number of rotatable bonds is 7. The van der Waals surface area contributed by atoms with Gasteiger partial charge in [0.1, 0.15) is 5.82 Å². The van der Waals surface area contributed by atoms with E-state index in [0.29, 0.717) is 16.7 Å². The highest BCUT2D eigenvalue weighted by Gasteiger charge is 2.08. The van der Waals surface area contributed by atoms with Gasteiger partial charge in [-0.15, -0.1) is 0 Å². The Bertz CT molecular complexity index is 691. The molecule has 0 radical (unpaired) electrons. The van der Waals surface area contributed by atoms with Crippen LogP contribution in [-0.2, 0) is 6.42 Å². The number of unbranched alkanes of at least 4 members (excludes halogenated alkanes) is 4. The number of hydrogen-bond acceptors (Lipinski definition) is 3. The van der Waals surface area contributed by atoms with E-state index in [2.05, 4.69) is 16.9 Å². The van der Waals surface area contributed by atoms with Gasteiger partial charge in [-0.1, -0.05) is 32.6 Å². The molecule has 0 amide bonds. The van der Waals surface area contributed by atoms with Crippen molar-refractivity contribution in [2.75, 3.05) is 0 Å². The van der Waals surface area contributed by atoms with Crippen molar-refractivity contribution < 1.29 is 9.90 Å². The van der Waals surface area contributed by atoms with Gasteiger partial charge in [0.15, 0.2) is 0 Å². The molecule has 0 aliphatic rings. The standard InChI is InChI=1S/C16H20N2O3/c1-2-3-4-5-6-7-14-17-13-9-8-11(16(20)21)10-12(13)15(19)18-14/h8-10H,2-7H2,1H3,(H,20,21)(H,17,18,19). The van der Waals surface area contributed by atoms with E-state index in [1.54, 1.807) is 6.07 Å². The predicted molar refractivity (Wildman–Crippen MR) is 81.8 cm³/mol. The molecule has 2 rings (SSSR count). The minimum atomic E-state index is -1.05. The number of aryl methyl sites for hydroxylation is 1. The minimum absolute atomic E-state index is 0.0992. The van der Waals surface area contributed by atoms with Gasteiger partial charge in [-0.3, -0.25) is 4.79 Å². The van der Waals surface area contributed by atoms with Crippen LogP contribution in [0.5, 0.6) is 0 Å². The lowest BCUT2D eigenvalue weighted by molar-refractivity contribution is 0.0697. The zero-order chi connectivity index (χ0) is 15.2. The molecule has 2 aromatic rings. The Hall–Kier alpha value is -2.17. The molecule has 0 aliphatic heterocycles. The number of aromatic carboxylic acids is 1. The summed E-state index contributed by atoms with van der Waals surface area (Å²) in [5.41, 5.74) is 0.376. The summed E-state index contributed by atoms with van der Waals surface area (Å²) in [6.07, 6.45) is 6.53. The molecule has 0 saturated heterocycles. The molecular weight excluding hydrogens is 268 g/mol. The number of H-pyrrole nitrogens is 1. The first-order chi connectivity index (χ1) is 10.1. The second kappa shape index (κ2) is 7.02. The number of benzene rings is 1. The molecule has 0 saturated carbocycles. The molecule has 5 heteroatoms. The summed E-state index contributed by atoms with van der Waals surface area (Å²) < 4.78 is 0. The molecule has 112 valence electrons. The van der Waals surface area contributed by atoms with Crippen LogP contribution in [0.4, 0.5) is 0 Å². The van der Waals surface area contributed by atoms with E-state index in [4.69, 9.17) is 5.11 Å². The zero-order valence-electron chi connectivity index (χ0n) is 12.2. The maximum absolute atomic E-state index is 12.0. The zero-order valence-corrected chi connectivity index (χ0v) is 12.2. The molecule has 0 atom stereocenters. The SMILES string of the molecule is CCCCCCCc1nc2ccc(C(=O)O)cc2c(=O)[nH]1. The Morgan fingerprint density at radius 2 is 2.00 bits per heavy atom. The molecule has 0 spiro atoms. The number of carboxylic acids is 1. The van der Waals surface area contributed by atoms with Crippen molar-refractivity contribution in [3.63, 3.8) is 0 Å². The van der Waals surface area contributed by atoms with Crippen molar-refractivity contribution in [2.45, 2.75) is 45.4 Å². The Balaban J connectivity index is 2.15. The van der Waals surface area contributed by atoms with Gasteiger partial charge in [0, 0.05) is 6.42 Å². The number of fused-ring (bicyclic) bond motifs is 1. The van der Waals surface area contributed by atoms with Crippen molar-refractivity contribution in [3.05, 3.63) is 39.9 Å².